The van der Waals surface area contributed by atoms with Gasteiger partial charge in [-0.3, -0.25) is 4.98 Å². The fourth-order valence-electron chi connectivity index (χ4n) is 1.47. The third-order valence-corrected chi connectivity index (χ3v) is 2.33. The van der Waals surface area contributed by atoms with Crippen molar-refractivity contribution in [3.8, 4) is 0 Å². The molecule has 0 aliphatic carbocycles. The molecule has 16 heavy (non-hydrogen) atoms. The van der Waals surface area contributed by atoms with Crippen molar-refractivity contribution in [2.24, 2.45) is 0 Å². The number of ether oxygens (including phenoxy) is 1. The lowest BCUT2D eigenvalue weighted by Crippen LogP contribution is -2.16. The van der Waals surface area contributed by atoms with Crippen molar-refractivity contribution < 1.29 is 9.53 Å². The van der Waals surface area contributed by atoms with Gasteiger partial charge >= 0.3 is 5.97 Å². The predicted octanol–water partition coefficient (Wildman–Crippen LogP) is 2.32. The summed E-state index contributed by atoms with van der Waals surface area (Å²) in [6.07, 6.45) is 3.31. The van der Waals surface area contributed by atoms with Crippen LogP contribution >= 0.6 is 0 Å². The third-order valence-electron chi connectivity index (χ3n) is 2.33. The van der Waals surface area contributed by atoms with Gasteiger partial charge in [-0.1, -0.05) is 13.3 Å². The molecule has 1 rings (SSSR count). The number of rotatable bonds is 4. The van der Waals surface area contributed by atoms with Crippen molar-refractivity contribution in [1.29, 1.82) is 0 Å². The maximum atomic E-state index is 11.8. The number of aromatic nitrogens is 1. The largest absolute Gasteiger partial charge is 0.459 e. The molecule has 88 valence electrons. The SMILES string of the molecule is CCCC(C)OC(=O)c1cc(N)cnc1C. The molecule has 1 heterocycles. The van der Waals surface area contributed by atoms with Crippen LogP contribution in [-0.4, -0.2) is 17.1 Å². The first-order chi connectivity index (χ1) is 7.54. The van der Waals surface area contributed by atoms with Crippen LogP contribution in [0.15, 0.2) is 12.3 Å². The van der Waals surface area contributed by atoms with Crippen molar-refractivity contribution in [3.63, 3.8) is 0 Å². The number of carbonyl (C=O) groups excluding carboxylic acids is 1. The second-order valence-corrected chi connectivity index (χ2v) is 3.91. The van der Waals surface area contributed by atoms with Crippen molar-refractivity contribution in [3.05, 3.63) is 23.5 Å². The maximum Gasteiger partial charge on any atom is 0.340 e. The van der Waals surface area contributed by atoms with Crippen LogP contribution in [0.4, 0.5) is 5.69 Å². The van der Waals surface area contributed by atoms with E-state index < -0.39 is 0 Å². The van der Waals surface area contributed by atoms with E-state index in [2.05, 4.69) is 11.9 Å². The average molecular weight is 222 g/mol. The van der Waals surface area contributed by atoms with Gasteiger partial charge in [-0.05, 0) is 26.3 Å². The summed E-state index contributed by atoms with van der Waals surface area (Å²) in [6, 6.07) is 1.60. The lowest BCUT2D eigenvalue weighted by atomic mass is 10.2. The number of nitrogens with two attached hydrogens (primary N) is 1. The highest BCUT2D eigenvalue weighted by Crippen LogP contribution is 2.13. The Bertz CT molecular complexity index is 377. The summed E-state index contributed by atoms with van der Waals surface area (Å²) >= 11 is 0. The van der Waals surface area contributed by atoms with Crippen LogP contribution < -0.4 is 5.73 Å². The summed E-state index contributed by atoms with van der Waals surface area (Å²) in [5.74, 6) is -0.349. The standard InChI is InChI=1S/C12H18N2O2/c1-4-5-8(2)16-12(15)11-6-10(13)7-14-9(11)3/h6-8H,4-5,13H2,1-3H3. The molecule has 2 N–H and O–H groups in total. The molecule has 0 radical (unpaired) electrons. The van der Waals surface area contributed by atoms with E-state index in [9.17, 15) is 4.79 Å². The summed E-state index contributed by atoms with van der Waals surface area (Å²) in [7, 11) is 0. The Morgan fingerprint density at radius 3 is 2.94 bits per heavy atom. The number of anilines is 1. The minimum Gasteiger partial charge on any atom is -0.459 e. The number of nitrogens with zero attached hydrogens (tertiary/aromatic N) is 1. The lowest BCUT2D eigenvalue weighted by molar-refractivity contribution is 0.0322. The van der Waals surface area contributed by atoms with E-state index in [1.807, 2.05) is 6.92 Å². The zero-order valence-electron chi connectivity index (χ0n) is 9.99. The van der Waals surface area contributed by atoms with Gasteiger partial charge in [0.15, 0.2) is 0 Å². The number of nitrogen functional groups attached to an aromatic ring is 1. The van der Waals surface area contributed by atoms with Crippen LogP contribution in [0.25, 0.3) is 0 Å². The van der Waals surface area contributed by atoms with E-state index in [-0.39, 0.29) is 12.1 Å². The Kier molecular flexibility index (Phi) is 4.28. The molecule has 0 spiro atoms. The average Bonchev–Trinajstić information content (AvgIpc) is 2.21. The Morgan fingerprint density at radius 2 is 2.31 bits per heavy atom. The zero-order chi connectivity index (χ0) is 12.1. The number of hydrogen-bond acceptors (Lipinski definition) is 4. The zero-order valence-corrected chi connectivity index (χ0v) is 9.99. The molecule has 0 aliphatic rings. The van der Waals surface area contributed by atoms with Gasteiger partial charge in [0.05, 0.1) is 29.2 Å². The van der Waals surface area contributed by atoms with Gasteiger partial charge in [0.2, 0.25) is 0 Å². The summed E-state index contributed by atoms with van der Waals surface area (Å²) < 4.78 is 5.28. The van der Waals surface area contributed by atoms with Crippen molar-refractivity contribution in [2.45, 2.75) is 39.7 Å². The third kappa shape index (κ3) is 3.22. The molecule has 0 bridgehead atoms. The van der Waals surface area contributed by atoms with Crippen molar-refractivity contribution in [1.82, 2.24) is 4.98 Å². The normalized spacial score (nSPS) is 12.2. The lowest BCUT2D eigenvalue weighted by Gasteiger charge is -2.13. The highest BCUT2D eigenvalue weighted by atomic mass is 16.5. The molecule has 1 aromatic heterocycles. The highest BCUT2D eigenvalue weighted by molar-refractivity contribution is 5.91. The molecule has 0 aliphatic heterocycles. The number of aryl methyl sites for hydroxylation is 1. The molecule has 0 saturated heterocycles. The van der Waals surface area contributed by atoms with Gasteiger partial charge in [0.25, 0.3) is 0 Å². The van der Waals surface area contributed by atoms with E-state index in [1.54, 1.807) is 13.0 Å². The monoisotopic (exact) mass is 222 g/mol. The van der Waals surface area contributed by atoms with Gasteiger partial charge in [0, 0.05) is 0 Å². The summed E-state index contributed by atoms with van der Waals surface area (Å²) in [6.45, 7) is 5.70. The number of esters is 1. The molecule has 1 unspecified atom stereocenters. The predicted molar refractivity (Wildman–Crippen MR) is 63.2 cm³/mol. The molecular weight excluding hydrogens is 204 g/mol. The van der Waals surface area contributed by atoms with Crippen LogP contribution in [0.3, 0.4) is 0 Å². The number of hydrogen-bond donors (Lipinski definition) is 1. The fraction of sp³-hybridized carbons (Fsp3) is 0.500. The molecular formula is C12H18N2O2. The van der Waals surface area contributed by atoms with Crippen LogP contribution in [-0.2, 0) is 4.74 Å². The Hall–Kier alpha value is -1.58. The van der Waals surface area contributed by atoms with E-state index in [4.69, 9.17) is 10.5 Å². The Labute approximate surface area is 95.8 Å². The Morgan fingerprint density at radius 1 is 1.62 bits per heavy atom. The second kappa shape index (κ2) is 5.49. The van der Waals surface area contributed by atoms with Crippen molar-refractivity contribution >= 4 is 11.7 Å². The molecule has 0 saturated carbocycles. The second-order valence-electron chi connectivity index (χ2n) is 3.91. The summed E-state index contributed by atoms with van der Waals surface area (Å²) in [5.41, 5.74) is 7.15. The van der Waals surface area contributed by atoms with E-state index in [1.165, 1.54) is 6.20 Å². The topological polar surface area (TPSA) is 65.2 Å². The molecule has 1 atom stereocenters. The van der Waals surface area contributed by atoms with Crippen LogP contribution in [0.2, 0.25) is 0 Å². The molecule has 4 heteroatoms. The highest BCUT2D eigenvalue weighted by Gasteiger charge is 2.14. The molecule has 0 aromatic carbocycles. The minimum atomic E-state index is -0.349. The van der Waals surface area contributed by atoms with Crippen LogP contribution in [0.5, 0.6) is 0 Å². The molecule has 1 aromatic rings. The molecule has 4 nitrogen and oxygen atoms in total. The summed E-state index contributed by atoms with van der Waals surface area (Å²) in [5, 5.41) is 0. The van der Waals surface area contributed by atoms with E-state index >= 15 is 0 Å². The number of carbonyl (C=O) groups is 1. The van der Waals surface area contributed by atoms with Gasteiger partial charge in [-0.25, -0.2) is 4.79 Å². The van der Waals surface area contributed by atoms with Crippen LogP contribution in [0, 0.1) is 6.92 Å². The summed E-state index contributed by atoms with van der Waals surface area (Å²) in [4.78, 5) is 15.8. The maximum absolute atomic E-state index is 11.8. The van der Waals surface area contributed by atoms with E-state index in [0.717, 1.165) is 12.8 Å². The first-order valence-corrected chi connectivity index (χ1v) is 5.47. The smallest absolute Gasteiger partial charge is 0.340 e. The minimum absolute atomic E-state index is 0.0710. The Balaban J connectivity index is 2.76. The first-order valence-electron chi connectivity index (χ1n) is 5.47. The van der Waals surface area contributed by atoms with Crippen LogP contribution in [0.1, 0.15) is 42.7 Å². The molecule has 0 fully saturated rings. The number of pyridine rings is 1. The first kappa shape index (κ1) is 12.5. The quantitative estimate of drug-likeness (QED) is 0.794. The molecule has 0 amide bonds. The fourth-order valence-corrected chi connectivity index (χ4v) is 1.47. The van der Waals surface area contributed by atoms with Gasteiger partial charge in [0.1, 0.15) is 0 Å². The van der Waals surface area contributed by atoms with E-state index in [0.29, 0.717) is 16.9 Å². The van der Waals surface area contributed by atoms with Gasteiger partial charge in [-0.15, -0.1) is 0 Å². The van der Waals surface area contributed by atoms with Crippen molar-refractivity contribution in [2.75, 3.05) is 5.73 Å². The van der Waals surface area contributed by atoms with Gasteiger partial charge in [-0.2, -0.15) is 0 Å². The van der Waals surface area contributed by atoms with Gasteiger partial charge < -0.3 is 10.5 Å².